The lowest BCUT2D eigenvalue weighted by Crippen LogP contribution is -2.02. The molecule has 2 aromatic heterocycles. The highest BCUT2D eigenvalue weighted by Crippen LogP contribution is 2.35. The first-order valence-electron chi connectivity index (χ1n) is 4.89. The monoisotopic (exact) mass is 267 g/mol. The summed E-state index contributed by atoms with van der Waals surface area (Å²) >= 11 is 0.982. The van der Waals surface area contributed by atoms with Crippen LogP contribution < -0.4 is 5.32 Å². The fourth-order valence-electron chi connectivity index (χ4n) is 1.25. The van der Waals surface area contributed by atoms with Gasteiger partial charge in [0, 0.05) is 7.05 Å². The molecule has 0 aromatic carbocycles. The molecule has 0 amide bonds. The quantitative estimate of drug-likeness (QED) is 0.508. The highest BCUT2D eigenvalue weighted by molar-refractivity contribution is 7.99. The van der Waals surface area contributed by atoms with E-state index in [0.29, 0.717) is 10.9 Å². The first-order chi connectivity index (χ1) is 8.61. The maximum atomic E-state index is 11.0. The van der Waals surface area contributed by atoms with E-state index in [4.69, 9.17) is 4.42 Å². The molecule has 94 valence electrons. The largest absolute Gasteiger partial charge is 0.439 e. The summed E-state index contributed by atoms with van der Waals surface area (Å²) in [4.78, 5) is 22.2. The lowest BCUT2D eigenvalue weighted by Gasteiger charge is -2.03. The van der Waals surface area contributed by atoms with Crippen molar-refractivity contribution in [1.29, 1.82) is 0 Å². The van der Waals surface area contributed by atoms with Crippen molar-refractivity contribution in [3.63, 3.8) is 0 Å². The number of aryl methyl sites for hydroxylation is 1. The average molecular weight is 267 g/mol. The molecule has 9 heteroatoms. The number of hydrogen-bond donors (Lipinski definition) is 1. The molecule has 2 rings (SSSR count). The second kappa shape index (κ2) is 5.00. The van der Waals surface area contributed by atoms with E-state index in [-0.39, 0.29) is 16.5 Å². The van der Waals surface area contributed by atoms with Gasteiger partial charge in [0.2, 0.25) is 5.82 Å². The molecule has 0 saturated carbocycles. The van der Waals surface area contributed by atoms with Crippen molar-refractivity contribution < 1.29 is 9.34 Å². The number of nitrogens with zero attached hydrogens (tertiary/aromatic N) is 4. The molecule has 2 heterocycles. The molecule has 0 aliphatic carbocycles. The third kappa shape index (κ3) is 2.40. The standard InChI is InChI=1S/C9H9N5O3S/c1-5-3-17-9(13-5)18-8-6(14(15)16)7(10-2)11-4-12-8/h3-4H,1-2H3,(H,10,11,12). The first-order valence-corrected chi connectivity index (χ1v) is 5.70. The Kier molecular flexibility index (Phi) is 3.42. The maximum absolute atomic E-state index is 11.0. The molecule has 1 N–H and O–H groups in total. The van der Waals surface area contributed by atoms with E-state index in [9.17, 15) is 10.1 Å². The van der Waals surface area contributed by atoms with Gasteiger partial charge in [-0.2, -0.15) is 0 Å². The molecule has 18 heavy (non-hydrogen) atoms. The fourth-order valence-corrected chi connectivity index (χ4v) is 2.07. The van der Waals surface area contributed by atoms with Gasteiger partial charge in [0.05, 0.1) is 10.6 Å². The lowest BCUT2D eigenvalue weighted by atomic mass is 10.5. The van der Waals surface area contributed by atoms with Crippen LogP contribution in [0.2, 0.25) is 0 Å². The zero-order chi connectivity index (χ0) is 13.1. The summed E-state index contributed by atoms with van der Waals surface area (Å²) in [6.07, 6.45) is 2.71. The maximum Gasteiger partial charge on any atom is 0.343 e. The van der Waals surface area contributed by atoms with Crippen molar-refractivity contribution in [3.8, 4) is 0 Å². The van der Waals surface area contributed by atoms with Gasteiger partial charge in [-0.15, -0.1) is 0 Å². The molecule has 0 fully saturated rings. The predicted molar refractivity (Wildman–Crippen MR) is 63.6 cm³/mol. The molecule has 0 unspecified atom stereocenters. The second-order valence-corrected chi connectivity index (χ2v) is 4.18. The van der Waals surface area contributed by atoms with Crippen molar-refractivity contribution >= 4 is 23.3 Å². The second-order valence-electron chi connectivity index (χ2n) is 3.24. The van der Waals surface area contributed by atoms with E-state index in [1.165, 1.54) is 12.6 Å². The molecular weight excluding hydrogens is 258 g/mol. The van der Waals surface area contributed by atoms with Gasteiger partial charge in [0.25, 0.3) is 5.22 Å². The fraction of sp³-hybridized carbons (Fsp3) is 0.222. The van der Waals surface area contributed by atoms with Crippen LogP contribution in [-0.2, 0) is 0 Å². The zero-order valence-corrected chi connectivity index (χ0v) is 10.4. The Morgan fingerprint density at radius 2 is 2.28 bits per heavy atom. The Bertz CT molecular complexity index is 585. The normalized spacial score (nSPS) is 10.3. The van der Waals surface area contributed by atoms with Crippen LogP contribution in [0.3, 0.4) is 0 Å². The van der Waals surface area contributed by atoms with Gasteiger partial charge >= 0.3 is 5.69 Å². The van der Waals surface area contributed by atoms with E-state index in [1.54, 1.807) is 14.0 Å². The molecule has 0 aliphatic rings. The Balaban J connectivity index is 2.41. The summed E-state index contributed by atoms with van der Waals surface area (Å²) in [7, 11) is 1.55. The van der Waals surface area contributed by atoms with Crippen LogP contribution in [-0.4, -0.2) is 26.9 Å². The molecule has 2 aromatic rings. The summed E-state index contributed by atoms with van der Waals surface area (Å²) in [6.45, 7) is 1.76. The number of anilines is 1. The highest BCUT2D eigenvalue weighted by Gasteiger charge is 2.24. The van der Waals surface area contributed by atoms with E-state index < -0.39 is 4.92 Å². The average Bonchev–Trinajstić information content (AvgIpc) is 2.74. The molecule has 0 bridgehead atoms. The van der Waals surface area contributed by atoms with E-state index >= 15 is 0 Å². The van der Waals surface area contributed by atoms with E-state index in [1.807, 2.05) is 0 Å². The summed E-state index contributed by atoms with van der Waals surface area (Å²) in [6, 6.07) is 0. The van der Waals surface area contributed by atoms with Crippen molar-refractivity contribution in [2.75, 3.05) is 12.4 Å². The number of oxazole rings is 1. The van der Waals surface area contributed by atoms with Gasteiger partial charge in [0.15, 0.2) is 5.03 Å². The molecule has 0 atom stereocenters. The number of aromatic nitrogens is 3. The van der Waals surface area contributed by atoms with E-state index in [2.05, 4.69) is 20.3 Å². The zero-order valence-electron chi connectivity index (χ0n) is 9.58. The van der Waals surface area contributed by atoms with Crippen LogP contribution in [0.5, 0.6) is 0 Å². The number of nitro groups is 1. The van der Waals surface area contributed by atoms with Gasteiger partial charge < -0.3 is 9.73 Å². The predicted octanol–water partition coefficient (Wildman–Crippen LogP) is 1.87. The van der Waals surface area contributed by atoms with Crippen LogP contribution in [0.25, 0.3) is 0 Å². The Morgan fingerprint density at radius 1 is 1.50 bits per heavy atom. The van der Waals surface area contributed by atoms with Crippen molar-refractivity contribution in [1.82, 2.24) is 15.0 Å². The molecule has 0 spiro atoms. The molecule has 0 radical (unpaired) electrons. The van der Waals surface area contributed by atoms with Gasteiger partial charge in [-0.1, -0.05) is 0 Å². The van der Waals surface area contributed by atoms with Crippen molar-refractivity contribution in [2.24, 2.45) is 0 Å². The van der Waals surface area contributed by atoms with Crippen LogP contribution >= 0.6 is 11.8 Å². The molecular formula is C9H9N5O3S. The Morgan fingerprint density at radius 3 is 2.83 bits per heavy atom. The van der Waals surface area contributed by atoms with Crippen LogP contribution in [0.4, 0.5) is 11.5 Å². The van der Waals surface area contributed by atoms with Crippen molar-refractivity contribution in [3.05, 3.63) is 28.4 Å². The minimum Gasteiger partial charge on any atom is -0.439 e. The SMILES string of the molecule is CNc1ncnc(Sc2nc(C)co2)c1[N+](=O)[O-]. The number of hydrogen-bond acceptors (Lipinski definition) is 8. The van der Waals surface area contributed by atoms with Gasteiger partial charge in [-0.05, 0) is 18.7 Å². The minimum absolute atomic E-state index is 0.153. The topological polar surface area (TPSA) is 107 Å². The Labute approximate surface area is 106 Å². The summed E-state index contributed by atoms with van der Waals surface area (Å²) < 4.78 is 5.12. The smallest absolute Gasteiger partial charge is 0.343 e. The lowest BCUT2D eigenvalue weighted by molar-refractivity contribution is -0.387. The third-order valence-corrected chi connectivity index (χ3v) is 2.84. The summed E-state index contributed by atoms with van der Waals surface area (Å²) in [5, 5.41) is 14.2. The summed E-state index contributed by atoms with van der Waals surface area (Å²) in [5.41, 5.74) is 0.504. The van der Waals surface area contributed by atoms with Crippen LogP contribution in [0, 0.1) is 17.0 Å². The number of rotatable bonds is 4. The minimum atomic E-state index is -0.538. The molecule has 0 aliphatic heterocycles. The Hall–Kier alpha value is -2.16. The van der Waals surface area contributed by atoms with Gasteiger partial charge in [0.1, 0.15) is 12.6 Å². The van der Waals surface area contributed by atoms with Crippen LogP contribution in [0.15, 0.2) is 27.3 Å². The van der Waals surface area contributed by atoms with Gasteiger partial charge in [-0.25, -0.2) is 15.0 Å². The molecule has 8 nitrogen and oxygen atoms in total. The van der Waals surface area contributed by atoms with Crippen molar-refractivity contribution in [2.45, 2.75) is 17.2 Å². The first kappa shape index (κ1) is 12.3. The third-order valence-electron chi connectivity index (χ3n) is 1.99. The van der Waals surface area contributed by atoms with E-state index in [0.717, 1.165) is 11.8 Å². The number of nitrogens with one attached hydrogen (secondary N) is 1. The molecule has 0 saturated heterocycles. The van der Waals surface area contributed by atoms with Gasteiger partial charge in [-0.3, -0.25) is 10.1 Å². The summed E-state index contributed by atoms with van der Waals surface area (Å²) in [5.74, 6) is 0.153. The van der Waals surface area contributed by atoms with Crippen LogP contribution in [0.1, 0.15) is 5.69 Å². The highest BCUT2D eigenvalue weighted by atomic mass is 32.2.